The molecule has 2 aliphatic carbocycles. The number of halogens is 3. The Balaban J connectivity index is 1.40. The van der Waals surface area contributed by atoms with Crippen LogP contribution in [0.2, 0.25) is 5.02 Å². The molecule has 2 aromatic rings. The number of carboxylic acids is 1. The van der Waals surface area contributed by atoms with Gasteiger partial charge >= 0.3 is 5.97 Å². The Morgan fingerprint density at radius 3 is 2.74 bits per heavy atom. The van der Waals surface area contributed by atoms with Crippen molar-refractivity contribution in [1.82, 2.24) is 24.8 Å². The van der Waals surface area contributed by atoms with Crippen LogP contribution in [0.1, 0.15) is 89.5 Å². The highest BCUT2D eigenvalue weighted by molar-refractivity contribution is 6.31. The number of aryl methyl sites for hydroxylation is 1. The highest BCUT2D eigenvalue weighted by Gasteiger charge is 2.54. The Labute approximate surface area is 256 Å². The highest BCUT2D eigenvalue weighted by Crippen LogP contribution is 2.54. The van der Waals surface area contributed by atoms with Crippen molar-refractivity contribution in [3.63, 3.8) is 0 Å². The quantitative estimate of drug-likeness (QED) is 0.454. The summed E-state index contributed by atoms with van der Waals surface area (Å²) in [4.78, 5) is 43.5. The number of rotatable bonds is 8. The van der Waals surface area contributed by atoms with Crippen LogP contribution < -0.4 is 4.74 Å². The Bertz CT molecular complexity index is 1550. The molecule has 2 saturated carbocycles. The third kappa shape index (κ3) is 5.25. The number of aromatic nitrogens is 3. The van der Waals surface area contributed by atoms with Crippen LogP contribution in [0.25, 0.3) is 0 Å². The minimum Gasteiger partial charge on any atom is -0.487 e. The summed E-state index contributed by atoms with van der Waals surface area (Å²) in [5.74, 6) is -2.59. The van der Waals surface area contributed by atoms with E-state index in [0.29, 0.717) is 35.5 Å². The third-order valence-electron chi connectivity index (χ3n) is 9.85. The van der Waals surface area contributed by atoms with Gasteiger partial charge in [0.25, 0.3) is 6.43 Å². The number of nitrogens with zero attached hydrogens (tertiary/aromatic N) is 5. The fraction of sp³-hybridized carbons (Fsp3) is 0.633. The fourth-order valence-electron chi connectivity index (χ4n) is 6.96. The van der Waals surface area contributed by atoms with Gasteiger partial charge in [-0.1, -0.05) is 29.6 Å². The zero-order valence-electron chi connectivity index (χ0n) is 26.1. The monoisotopic (exact) mass is 621 g/mol. The molecule has 10 nitrogen and oxygen atoms in total. The number of benzene rings is 1. The number of hydrogen-bond donors (Lipinski definition) is 1. The molecule has 232 valence electrons. The summed E-state index contributed by atoms with van der Waals surface area (Å²) in [5, 5.41) is 18.2. The molecule has 43 heavy (non-hydrogen) atoms. The molecule has 0 radical (unpaired) electrons. The Morgan fingerprint density at radius 1 is 1.30 bits per heavy atom. The molecular weight excluding hydrogens is 584 g/mol. The van der Waals surface area contributed by atoms with Crippen molar-refractivity contribution in [2.75, 3.05) is 19.6 Å². The summed E-state index contributed by atoms with van der Waals surface area (Å²) in [6.07, 6.45) is -2.19. The van der Waals surface area contributed by atoms with Crippen molar-refractivity contribution in [2.24, 2.45) is 23.8 Å². The molecule has 3 heterocycles. The van der Waals surface area contributed by atoms with Gasteiger partial charge < -0.3 is 19.6 Å². The lowest BCUT2D eigenvalue weighted by atomic mass is 9.66. The predicted octanol–water partition coefficient (Wildman–Crippen LogP) is 4.70. The average Bonchev–Trinajstić information content (AvgIpc) is 3.51. The van der Waals surface area contributed by atoms with Gasteiger partial charge in [-0.2, -0.15) is 0 Å². The second-order valence-corrected chi connectivity index (χ2v) is 13.0. The van der Waals surface area contributed by atoms with Gasteiger partial charge in [0.2, 0.25) is 11.8 Å². The number of amides is 2. The van der Waals surface area contributed by atoms with Crippen molar-refractivity contribution in [1.29, 1.82) is 0 Å². The van der Waals surface area contributed by atoms with Crippen LogP contribution >= 0.6 is 11.6 Å². The van der Waals surface area contributed by atoms with Gasteiger partial charge in [0.15, 0.2) is 0 Å². The average molecular weight is 622 g/mol. The summed E-state index contributed by atoms with van der Waals surface area (Å²) in [6.45, 7) is 1.96. The van der Waals surface area contributed by atoms with E-state index >= 15 is 0 Å². The number of hydrogen-bond acceptors (Lipinski definition) is 6. The lowest BCUT2D eigenvalue weighted by Gasteiger charge is -2.45. The van der Waals surface area contributed by atoms with E-state index in [2.05, 4.69) is 10.3 Å². The lowest BCUT2D eigenvalue weighted by Crippen LogP contribution is -2.52. The maximum Gasteiger partial charge on any atom is 0.310 e. The molecule has 0 unspecified atom stereocenters. The molecule has 1 spiro atoms. The molecule has 3 fully saturated rings. The van der Waals surface area contributed by atoms with Crippen molar-refractivity contribution >= 4 is 29.4 Å². The van der Waals surface area contributed by atoms with Gasteiger partial charge in [-0.15, -0.1) is 5.10 Å². The summed E-state index contributed by atoms with van der Waals surface area (Å²) >= 11 is 6.68. The summed E-state index contributed by atoms with van der Waals surface area (Å²) in [6, 6.07) is 2.43. The number of carbonyl (C=O) groups is 3. The summed E-state index contributed by atoms with van der Waals surface area (Å²) < 4.78 is 51.4. The third-order valence-corrected chi connectivity index (χ3v) is 10.2. The second kappa shape index (κ2) is 11.0. The van der Waals surface area contributed by atoms with E-state index in [1.165, 1.54) is 14.0 Å². The van der Waals surface area contributed by atoms with E-state index in [9.17, 15) is 28.3 Å². The molecule has 4 aliphatic rings. The van der Waals surface area contributed by atoms with Crippen LogP contribution in [0.15, 0.2) is 12.1 Å². The first-order valence-corrected chi connectivity index (χ1v) is 14.9. The topological polar surface area (TPSA) is 118 Å². The normalized spacial score (nSPS) is 28.1. The lowest BCUT2D eigenvalue weighted by molar-refractivity contribution is -0.162. The number of carbonyl (C=O) groups excluding carboxylic acids is 2. The van der Waals surface area contributed by atoms with Crippen molar-refractivity contribution in [2.45, 2.75) is 77.3 Å². The predicted molar refractivity (Wildman–Crippen MR) is 150 cm³/mol. The zero-order chi connectivity index (χ0) is 32.5. The van der Waals surface area contributed by atoms with Crippen LogP contribution in [0.3, 0.4) is 0 Å². The second-order valence-electron chi connectivity index (χ2n) is 12.5. The number of carboxylic acid groups (broad SMARTS) is 1. The smallest absolute Gasteiger partial charge is 0.310 e. The SMILES string of the molecule is [2H]C1([2H])CC[C@](C)(C(=O)O)[C@H](C(=O)N2CCc3c(Cl)ccc(OCc4nnn(C)c4C(F)F)c3[C@H]2CN2CC3(CC3)CC2=O)C1. The van der Waals surface area contributed by atoms with Crippen LogP contribution in [0, 0.1) is 16.7 Å². The Hall–Kier alpha value is -3.28. The van der Waals surface area contributed by atoms with Gasteiger partial charge in [0.1, 0.15) is 23.7 Å². The first-order valence-electron chi connectivity index (χ1n) is 15.6. The molecule has 3 atom stereocenters. The molecule has 6 rings (SSSR count). The minimum atomic E-state index is -2.83. The van der Waals surface area contributed by atoms with E-state index in [1.54, 1.807) is 21.9 Å². The largest absolute Gasteiger partial charge is 0.487 e. The van der Waals surface area contributed by atoms with Gasteiger partial charge in [-0.05, 0) is 62.1 Å². The molecular formula is C30H36ClF2N5O5. The summed E-state index contributed by atoms with van der Waals surface area (Å²) in [5.41, 5.74) is -0.781. The molecule has 1 N–H and O–H groups in total. The number of alkyl halides is 2. The number of fused-ring (bicyclic) bond motifs is 1. The van der Waals surface area contributed by atoms with E-state index in [0.717, 1.165) is 17.5 Å². The van der Waals surface area contributed by atoms with Gasteiger partial charge in [0.05, 0.1) is 17.4 Å². The van der Waals surface area contributed by atoms with Crippen LogP contribution in [0.4, 0.5) is 8.78 Å². The fourth-order valence-corrected chi connectivity index (χ4v) is 7.22. The number of likely N-dealkylation sites (tertiary alicyclic amines) is 1. The van der Waals surface area contributed by atoms with Crippen LogP contribution in [-0.4, -0.2) is 67.3 Å². The molecule has 1 saturated heterocycles. The Morgan fingerprint density at radius 2 is 2.07 bits per heavy atom. The molecule has 1 aromatic heterocycles. The minimum absolute atomic E-state index is 0.00125. The van der Waals surface area contributed by atoms with Gasteiger partial charge in [-0.3, -0.25) is 14.4 Å². The maximum atomic E-state index is 14.5. The van der Waals surface area contributed by atoms with Gasteiger partial charge in [-0.25, -0.2) is 13.5 Å². The van der Waals surface area contributed by atoms with E-state index < -0.39 is 42.0 Å². The number of aliphatic carboxylic acids is 1. The standard InChI is InChI=1S/C30H36ClF2N5O5/c1-29(28(41)42)9-4-3-5-18(29)27(40)38-12-8-17-19(31)6-7-22(43-15-20-25(26(32)33)36(2)35-34-20)24(17)21(38)14-37-16-30(10-11-30)13-23(37)39/h6-7,18,21,26H,3-5,8-16H2,1-2H3,(H,41,42)/t18-,21+,29-/m0/s1/i3D2. The van der Waals surface area contributed by atoms with Crippen LogP contribution in [0.5, 0.6) is 5.75 Å². The zero-order valence-corrected chi connectivity index (χ0v) is 24.9. The van der Waals surface area contributed by atoms with Crippen molar-refractivity contribution < 1.29 is 35.7 Å². The Kier molecular flexibility index (Phi) is 6.99. The van der Waals surface area contributed by atoms with Gasteiger partial charge in [0, 0.05) is 46.4 Å². The molecule has 13 heteroatoms. The van der Waals surface area contributed by atoms with E-state index in [4.69, 9.17) is 19.1 Å². The highest BCUT2D eigenvalue weighted by atomic mass is 35.5. The van der Waals surface area contributed by atoms with E-state index in [-0.39, 0.29) is 67.4 Å². The maximum absolute atomic E-state index is 14.5. The van der Waals surface area contributed by atoms with Crippen molar-refractivity contribution in [3.05, 3.63) is 39.7 Å². The first kappa shape index (κ1) is 27.3. The molecule has 0 bridgehead atoms. The molecule has 2 aliphatic heterocycles. The summed E-state index contributed by atoms with van der Waals surface area (Å²) in [7, 11) is 1.36. The number of ether oxygens (including phenoxy) is 1. The van der Waals surface area contributed by atoms with E-state index in [1.807, 2.05) is 0 Å². The molecule has 1 aromatic carbocycles. The van der Waals surface area contributed by atoms with Crippen LogP contribution in [-0.2, 0) is 34.5 Å². The molecule has 2 amide bonds. The van der Waals surface area contributed by atoms with Crippen molar-refractivity contribution in [3.8, 4) is 5.75 Å². The first-order chi connectivity index (χ1) is 21.1.